The number of halogens is 1. The molecule has 1 amide bonds. The lowest BCUT2D eigenvalue weighted by molar-refractivity contribution is -0.137. The number of aromatic nitrogens is 1. The summed E-state index contributed by atoms with van der Waals surface area (Å²) in [5.41, 5.74) is 3.48. The molecule has 4 nitrogen and oxygen atoms in total. The number of hydrazine groups is 1. The summed E-state index contributed by atoms with van der Waals surface area (Å²) in [4.78, 5) is 15.8. The molecule has 1 aliphatic rings. The summed E-state index contributed by atoms with van der Waals surface area (Å²) in [7, 11) is 0. The number of pyridine rings is 1. The molecule has 0 radical (unpaired) electrons. The summed E-state index contributed by atoms with van der Waals surface area (Å²) in [6, 6.07) is 1.37. The van der Waals surface area contributed by atoms with E-state index < -0.39 is 0 Å². The number of hydrogen-bond donors (Lipinski definition) is 1. The van der Waals surface area contributed by atoms with E-state index in [1.165, 1.54) is 12.3 Å². The maximum Gasteiger partial charge on any atom is 0.242 e. The van der Waals surface area contributed by atoms with Crippen molar-refractivity contribution in [3.63, 3.8) is 0 Å². The van der Waals surface area contributed by atoms with Crippen LogP contribution in [0.25, 0.3) is 0 Å². The molecule has 0 atom stereocenters. The number of nitrogens with zero attached hydrogens (tertiary/aromatic N) is 2. The van der Waals surface area contributed by atoms with Gasteiger partial charge in [0.1, 0.15) is 5.82 Å². The quantitative estimate of drug-likeness (QED) is 0.827. The molecule has 0 spiro atoms. The van der Waals surface area contributed by atoms with E-state index in [2.05, 4.69) is 10.4 Å². The van der Waals surface area contributed by atoms with Gasteiger partial charge in [0.25, 0.3) is 0 Å². The van der Waals surface area contributed by atoms with Crippen LogP contribution in [0.2, 0.25) is 0 Å². The van der Waals surface area contributed by atoms with Crippen LogP contribution in [0.4, 0.5) is 4.39 Å². The molecule has 0 saturated carbocycles. The van der Waals surface area contributed by atoms with Crippen LogP contribution in [0.3, 0.4) is 0 Å². The van der Waals surface area contributed by atoms with Gasteiger partial charge in [-0.1, -0.05) is 13.8 Å². The lowest BCUT2D eigenvalue weighted by Gasteiger charge is -2.20. The second-order valence-corrected chi connectivity index (χ2v) is 5.57. The summed E-state index contributed by atoms with van der Waals surface area (Å²) in [5, 5.41) is 1.68. The van der Waals surface area contributed by atoms with Crippen LogP contribution >= 0.6 is 0 Å². The third-order valence-corrected chi connectivity index (χ3v) is 3.55. The number of carbonyl (C=O) groups excluding carboxylic acids is 1. The number of nitrogens with one attached hydrogen (secondary N) is 1. The average molecular weight is 265 g/mol. The molecule has 2 rings (SSSR count). The average Bonchev–Trinajstić information content (AvgIpc) is 2.63. The summed E-state index contributed by atoms with van der Waals surface area (Å²) < 4.78 is 13.4. The van der Waals surface area contributed by atoms with E-state index in [0.29, 0.717) is 18.5 Å². The summed E-state index contributed by atoms with van der Waals surface area (Å²) in [5.74, 6) is -0.0755. The first-order valence-corrected chi connectivity index (χ1v) is 6.64. The van der Waals surface area contributed by atoms with E-state index >= 15 is 0 Å². The summed E-state index contributed by atoms with van der Waals surface area (Å²) in [6.07, 6.45) is 5.27. The van der Waals surface area contributed by atoms with Crippen molar-refractivity contribution in [3.05, 3.63) is 29.8 Å². The molecule has 0 aromatic carbocycles. The molecule has 0 aliphatic carbocycles. The molecule has 0 bridgehead atoms. The molecule has 19 heavy (non-hydrogen) atoms. The molecule has 1 saturated heterocycles. The zero-order chi connectivity index (χ0) is 13.9. The SMILES string of the molecule is CC1(C)CCN(NCCCc2cnccc2F)C1=O. The Balaban J connectivity index is 1.74. The van der Waals surface area contributed by atoms with Crippen molar-refractivity contribution in [3.8, 4) is 0 Å². The first kappa shape index (κ1) is 13.9. The molecule has 0 unspecified atom stereocenters. The van der Waals surface area contributed by atoms with Gasteiger partial charge in [-0.05, 0) is 25.3 Å². The van der Waals surface area contributed by atoms with Crippen molar-refractivity contribution < 1.29 is 9.18 Å². The molecule has 1 aromatic rings. The van der Waals surface area contributed by atoms with E-state index in [9.17, 15) is 9.18 Å². The van der Waals surface area contributed by atoms with Crippen LogP contribution in [0, 0.1) is 11.2 Å². The third kappa shape index (κ3) is 3.29. The van der Waals surface area contributed by atoms with Crippen LogP contribution in [0.5, 0.6) is 0 Å². The van der Waals surface area contributed by atoms with Gasteiger partial charge in [-0.25, -0.2) is 9.82 Å². The topological polar surface area (TPSA) is 45.2 Å². The highest BCUT2D eigenvalue weighted by Gasteiger charge is 2.38. The highest BCUT2D eigenvalue weighted by Crippen LogP contribution is 2.29. The Kier molecular flexibility index (Phi) is 4.14. The van der Waals surface area contributed by atoms with E-state index in [0.717, 1.165) is 19.4 Å². The minimum atomic E-state index is -0.261. The first-order chi connectivity index (χ1) is 9.00. The molecule has 5 heteroatoms. The standard InChI is InChI=1S/C14H20FN3O/c1-14(2)6-9-18(13(14)19)17-7-3-4-11-10-16-8-5-12(11)15/h5,8,10,17H,3-4,6-7,9H2,1-2H3. The smallest absolute Gasteiger partial charge is 0.242 e. The zero-order valence-corrected chi connectivity index (χ0v) is 11.4. The molecular weight excluding hydrogens is 245 g/mol. The van der Waals surface area contributed by atoms with E-state index in [4.69, 9.17) is 0 Å². The van der Waals surface area contributed by atoms with Crippen LogP contribution in [0.15, 0.2) is 18.5 Å². The van der Waals surface area contributed by atoms with Crippen molar-refractivity contribution in [2.24, 2.45) is 5.41 Å². The number of hydrogen-bond acceptors (Lipinski definition) is 3. The number of rotatable bonds is 5. The largest absolute Gasteiger partial charge is 0.278 e. The highest BCUT2D eigenvalue weighted by atomic mass is 19.1. The van der Waals surface area contributed by atoms with Gasteiger partial charge in [-0.15, -0.1) is 0 Å². The van der Waals surface area contributed by atoms with Crippen LogP contribution < -0.4 is 5.43 Å². The first-order valence-electron chi connectivity index (χ1n) is 6.64. The Labute approximate surface area is 113 Å². The minimum absolute atomic E-state index is 0.139. The second-order valence-electron chi connectivity index (χ2n) is 5.57. The van der Waals surface area contributed by atoms with Crippen molar-refractivity contribution in [1.82, 2.24) is 15.4 Å². The Bertz CT molecular complexity index is 462. The highest BCUT2D eigenvalue weighted by molar-refractivity contribution is 5.83. The summed E-state index contributed by atoms with van der Waals surface area (Å²) >= 11 is 0. The Morgan fingerprint density at radius 3 is 2.95 bits per heavy atom. The second kappa shape index (κ2) is 5.65. The maximum absolute atomic E-state index is 13.4. The van der Waals surface area contributed by atoms with E-state index in [1.807, 2.05) is 13.8 Å². The maximum atomic E-state index is 13.4. The van der Waals surface area contributed by atoms with Gasteiger partial charge in [0.2, 0.25) is 5.91 Å². The predicted molar refractivity (Wildman–Crippen MR) is 70.6 cm³/mol. The van der Waals surface area contributed by atoms with Gasteiger partial charge in [0.15, 0.2) is 0 Å². The lowest BCUT2D eigenvalue weighted by atomic mass is 9.92. The normalized spacial score (nSPS) is 18.1. The molecular formula is C14H20FN3O. The van der Waals surface area contributed by atoms with Crippen molar-refractivity contribution >= 4 is 5.91 Å². The van der Waals surface area contributed by atoms with Gasteiger partial charge in [0, 0.05) is 36.5 Å². The van der Waals surface area contributed by atoms with Gasteiger partial charge in [-0.3, -0.25) is 14.8 Å². The van der Waals surface area contributed by atoms with Crippen molar-refractivity contribution in [1.29, 1.82) is 0 Å². The molecule has 1 aliphatic heterocycles. The molecule has 2 heterocycles. The molecule has 1 aromatic heterocycles. The predicted octanol–water partition coefficient (Wildman–Crippen LogP) is 1.92. The van der Waals surface area contributed by atoms with Gasteiger partial charge >= 0.3 is 0 Å². The Morgan fingerprint density at radius 2 is 2.32 bits per heavy atom. The van der Waals surface area contributed by atoms with E-state index in [1.54, 1.807) is 11.2 Å². The van der Waals surface area contributed by atoms with Gasteiger partial charge < -0.3 is 0 Å². The van der Waals surface area contributed by atoms with Crippen LogP contribution in [0.1, 0.15) is 32.3 Å². The van der Waals surface area contributed by atoms with Crippen molar-refractivity contribution in [2.75, 3.05) is 13.1 Å². The van der Waals surface area contributed by atoms with E-state index in [-0.39, 0.29) is 17.1 Å². The third-order valence-electron chi connectivity index (χ3n) is 3.55. The van der Waals surface area contributed by atoms with Gasteiger partial charge in [0.05, 0.1) is 0 Å². The number of aryl methyl sites for hydroxylation is 1. The van der Waals surface area contributed by atoms with Gasteiger partial charge in [-0.2, -0.15) is 0 Å². The monoisotopic (exact) mass is 265 g/mol. The zero-order valence-electron chi connectivity index (χ0n) is 11.4. The Hall–Kier alpha value is -1.49. The fraction of sp³-hybridized carbons (Fsp3) is 0.571. The molecule has 104 valence electrons. The van der Waals surface area contributed by atoms with Crippen LogP contribution in [-0.2, 0) is 11.2 Å². The lowest BCUT2D eigenvalue weighted by Crippen LogP contribution is -2.42. The minimum Gasteiger partial charge on any atom is -0.278 e. The number of amides is 1. The van der Waals surface area contributed by atoms with Crippen LogP contribution in [-0.4, -0.2) is 29.0 Å². The molecule has 1 fully saturated rings. The summed E-state index contributed by atoms with van der Waals surface area (Å²) in [6.45, 7) is 5.33. The van der Waals surface area contributed by atoms with Crippen molar-refractivity contribution in [2.45, 2.75) is 33.1 Å². The fourth-order valence-corrected chi connectivity index (χ4v) is 2.20. The fourth-order valence-electron chi connectivity index (χ4n) is 2.20. The Morgan fingerprint density at radius 1 is 1.53 bits per heavy atom. The number of carbonyl (C=O) groups is 1. The molecule has 1 N–H and O–H groups in total.